The molecule has 0 radical (unpaired) electrons. The molecule has 2 fully saturated rings. The highest BCUT2D eigenvalue weighted by Crippen LogP contribution is 2.19. The Bertz CT molecular complexity index is 417. The van der Waals surface area contributed by atoms with Gasteiger partial charge in [0.1, 0.15) is 5.82 Å². The summed E-state index contributed by atoms with van der Waals surface area (Å²) in [6, 6.07) is 7.39. The van der Waals surface area contributed by atoms with Gasteiger partial charge in [-0.1, -0.05) is 12.1 Å². The standard InChI is InChI=1S/C16H22FNO2/c17-14-3-1-13(2-4-14)11-16-12-18(7-10-20-16)15-5-8-19-9-6-15/h1-4,15-16H,5-12H2/t16-/m0/s1. The zero-order chi connectivity index (χ0) is 13.8. The third-order valence-corrected chi connectivity index (χ3v) is 4.25. The lowest BCUT2D eigenvalue weighted by molar-refractivity contribution is -0.0610. The fourth-order valence-electron chi connectivity index (χ4n) is 3.13. The van der Waals surface area contributed by atoms with Crippen LogP contribution in [-0.2, 0) is 15.9 Å². The van der Waals surface area contributed by atoms with E-state index in [9.17, 15) is 4.39 Å². The maximum Gasteiger partial charge on any atom is 0.123 e. The summed E-state index contributed by atoms with van der Waals surface area (Å²) in [4.78, 5) is 2.54. The summed E-state index contributed by atoms with van der Waals surface area (Å²) in [5.41, 5.74) is 1.14. The van der Waals surface area contributed by atoms with E-state index in [0.29, 0.717) is 6.04 Å². The molecule has 3 nitrogen and oxygen atoms in total. The predicted molar refractivity (Wildman–Crippen MR) is 75.3 cm³/mol. The third kappa shape index (κ3) is 3.57. The van der Waals surface area contributed by atoms with Crippen LogP contribution in [0.2, 0.25) is 0 Å². The zero-order valence-electron chi connectivity index (χ0n) is 11.8. The number of morpholine rings is 1. The van der Waals surface area contributed by atoms with Crippen molar-refractivity contribution < 1.29 is 13.9 Å². The first-order valence-corrected chi connectivity index (χ1v) is 7.49. The van der Waals surface area contributed by atoms with Gasteiger partial charge in [-0.3, -0.25) is 4.90 Å². The minimum atomic E-state index is -0.179. The second kappa shape index (κ2) is 6.66. The minimum absolute atomic E-state index is 0.179. The summed E-state index contributed by atoms with van der Waals surface area (Å²) in [7, 11) is 0. The van der Waals surface area contributed by atoms with Crippen molar-refractivity contribution in [3.05, 3.63) is 35.6 Å². The molecule has 2 aliphatic heterocycles. The third-order valence-electron chi connectivity index (χ3n) is 4.25. The summed E-state index contributed by atoms with van der Waals surface area (Å²) >= 11 is 0. The second-order valence-electron chi connectivity index (χ2n) is 5.66. The first-order chi connectivity index (χ1) is 9.81. The molecule has 0 saturated carbocycles. The summed E-state index contributed by atoms with van der Waals surface area (Å²) < 4.78 is 24.2. The van der Waals surface area contributed by atoms with Crippen molar-refractivity contribution in [1.29, 1.82) is 0 Å². The van der Waals surface area contributed by atoms with Crippen molar-refractivity contribution >= 4 is 0 Å². The zero-order valence-corrected chi connectivity index (χ0v) is 11.8. The molecule has 4 heteroatoms. The van der Waals surface area contributed by atoms with E-state index in [2.05, 4.69) is 4.90 Å². The number of hydrogen-bond donors (Lipinski definition) is 0. The summed E-state index contributed by atoms with van der Waals surface area (Å²) in [6.45, 7) is 4.55. The van der Waals surface area contributed by atoms with Gasteiger partial charge in [-0.2, -0.15) is 0 Å². The van der Waals surface area contributed by atoms with Gasteiger partial charge >= 0.3 is 0 Å². The molecule has 110 valence electrons. The van der Waals surface area contributed by atoms with E-state index in [1.807, 2.05) is 12.1 Å². The number of benzene rings is 1. The lowest BCUT2D eigenvalue weighted by Gasteiger charge is -2.39. The van der Waals surface area contributed by atoms with E-state index >= 15 is 0 Å². The van der Waals surface area contributed by atoms with Gasteiger partial charge in [-0.25, -0.2) is 4.39 Å². The molecule has 2 saturated heterocycles. The number of nitrogens with zero attached hydrogens (tertiary/aromatic N) is 1. The number of ether oxygens (including phenoxy) is 2. The summed E-state index contributed by atoms with van der Waals surface area (Å²) in [5.74, 6) is -0.179. The quantitative estimate of drug-likeness (QED) is 0.847. The van der Waals surface area contributed by atoms with Crippen molar-refractivity contribution in [2.75, 3.05) is 32.9 Å². The Morgan fingerprint density at radius 3 is 2.60 bits per heavy atom. The van der Waals surface area contributed by atoms with E-state index < -0.39 is 0 Å². The Labute approximate surface area is 119 Å². The molecule has 0 aromatic heterocycles. The molecule has 0 unspecified atom stereocenters. The molecule has 1 atom stereocenters. The largest absolute Gasteiger partial charge is 0.381 e. The van der Waals surface area contributed by atoms with E-state index in [-0.39, 0.29) is 11.9 Å². The van der Waals surface area contributed by atoms with Crippen LogP contribution in [0.15, 0.2) is 24.3 Å². The first-order valence-electron chi connectivity index (χ1n) is 7.49. The average molecular weight is 279 g/mol. The highest BCUT2D eigenvalue weighted by atomic mass is 19.1. The molecular formula is C16H22FNO2. The van der Waals surface area contributed by atoms with Gasteiger partial charge in [0.2, 0.25) is 0 Å². The van der Waals surface area contributed by atoms with Gasteiger partial charge in [-0.05, 0) is 37.0 Å². The monoisotopic (exact) mass is 279 g/mol. The van der Waals surface area contributed by atoms with E-state index in [1.54, 1.807) is 0 Å². The normalized spacial score (nSPS) is 25.8. The van der Waals surface area contributed by atoms with Crippen LogP contribution in [0, 0.1) is 5.82 Å². The van der Waals surface area contributed by atoms with Crippen LogP contribution in [0.3, 0.4) is 0 Å². The molecule has 0 N–H and O–H groups in total. The van der Waals surface area contributed by atoms with Gasteiger partial charge in [0.05, 0.1) is 12.7 Å². The lowest BCUT2D eigenvalue weighted by Crippen LogP contribution is -2.49. The Hall–Kier alpha value is -0.970. The Morgan fingerprint density at radius 1 is 1.10 bits per heavy atom. The van der Waals surface area contributed by atoms with Gasteiger partial charge < -0.3 is 9.47 Å². The van der Waals surface area contributed by atoms with Gasteiger partial charge in [0.15, 0.2) is 0 Å². The maximum atomic E-state index is 12.9. The molecule has 3 rings (SSSR count). The molecule has 0 amide bonds. The van der Waals surface area contributed by atoms with Crippen molar-refractivity contribution in [1.82, 2.24) is 4.90 Å². The topological polar surface area (TPSA) is 21.7 Å². The maximum absolute atomic E-state index is 12.9. The Morgan fingerprint density at radius 2 is 1.85 bits per heavy atom. The van der Waals surface area contributed by atoms with Crippen molar-refractivity contribution in [3.63, 3.8) is 0 Å². The van der Waals surface area contributed by atoms with E-state index in [4.69, 9.17) is 9.47 Å². The molecule has 0 spiro atoms. The number of hydrogen-bond acceptors (Lipinski definition) is 3. The van der Waals surface area contributed by atoms with Crippen molar-refractivity contribution in [3.8, 4) is 0 Å². The SMILES string of the molecule is Fc1ccc(C[C@H]2CN(C3CCOCC3)CCO2)cc1. The smallest absolute Gasteiger partial charge is 0.123 e. The molecule has 1 aromatic carbocycles. The van der Waals surface area contributed by atoms with Gasteiger partial charge in [0, 0.05) is 32.3 Å². The summed E-state index contributed by atoms with van der Waals surface area (Å²) in [6.07, 6.45) is 3.34. The first kappa shape index (κ1) is 14.0. The number of halogens is 1. The fraction of sp³-hybridized carbons (Fsp3) is 0.625. The van der Waals surface area contributed by atoms with E-state index in [0.717, 1.165) is 57.7 Å². The van der Waals surface area contributed by atoms with Crippen LogP contribution in [0.5, 0.6) is 0 Å². The Balaban J connectivity index is 1.56. The van der Waals surface area contributed by atoms with Gasteiger partial charge in [-0.15, -0.1) is 0 Å². The molecule has 0 bridgehead atoms. The molecule has 2 aliphatic rings. The van der Waals surface area contributed by atoms with Crippen LogP contribution in [-0.4, -0.2) is 50.0 Å². The highest BCUT2D eigenvalue weighted by molar-refractivity contribution is 5.17. The molecular weight excluding hydrogens is 257 g/mol. The van der Waals surface area contributed by atoms with E-state index in [1.165, 1.54) is 12.1 Å². The molecule has 1 aromatic rings. The van der Waals surface area contributed by atoms with Crippen LogP contribution in [0.1, 0.15) is 18.4 Å². The Kier molecular flexibility index (Phi) is 4.65. The van der Waals surface area contributed by atoms with Crippen LogP contribution in [0.4, 0.5) is 4.39 Å². The van der Waals surface area contributed by atoms with Crippen molar-refractivity contribution in [2.24, 2.45) is 0 Å². The highest BCUT2D eigenvalue weighted by Gasteiger charge is 2.27. The molecule has 2 heterocycles. The second-order valence-corrected chi connectivity index (χ2v) is 5.66. The van der Waals surface area contributed by atoms with Crippen LogP contribution < -0.4 is 0 Å². The fourth-order valence-corrected chi connectivity index (χ4v) is 3.13. The average Bonchev–Trinajstić information content (AvgIpc) is 2.51. The molecule has 20 heavy (non-hydrogen) atoms. The lowest BCUT2D eigenvalue weighted by atomic mass is 10.0. The summed E-state index contributed by atoms with van der Waals surface area (Å²) in [5, 5.41) is 0. The van der Waals surface area contributed by atoms with Crippen LogP contribution >= 0.6 is 0 Å². The minimum Gasteiger partial charge on any atom is -0.381 e. The molecule has 0 aliphatic carbocycles. The number of rotatable bonds is 3. The van der Waals surface area contributed by atoms with Gasteiger partial charge in [0.25, 0.3) is 0 Å². The predicted octanol–water partition coefficient (Wildman–Crippen LogP) is 2.25. The van der Waals surface area contributed by atoms with Crippen LogP contribution in [0.25, 0.3) is 0 Å². The van der Waals surface area contributed by atoms with Crippen molar-refractivity contribution in [2.45, 2.75) is 31.4 Å².